The Hall–Kier alpha value is -1.02. The molecule has 0 bridgehead atoms. The van der Waals surface area contributed by atoms with Gasteiger partial charge in [0, 0.05) is 25.8 Å². The predicted molar refractivity (Wildman–Crippen MR) is 68.9 cm³/mol. The summed E-state index contributed by atoms with van der Waals surface area (Å²) < 4.78 is 0. The third kappa shape index (κ3) is 6.97. The van der Waals surface area contributed by atoms with Crippen LogP contribution in [0.3, 0.4) is 0 Å². The van der Waals surface area contributed by atoms with Gasteiger partial charge in [-0.2, -0.15) is 0 Å². The van der Waals surface area contributed by atoms with Crippen molar-refractivity contribution >= 4 is 0 Å². The van der Waals surface area contributed by atoms with Crippen LogP contribution in [-0.4, -0.2) is 44.0 Å². The maximum atomic E-state index is 4.03. The molecule has 0 aromatic heterocycles. The summed E-state index contributed by atoms with van der Waals surface area (Å²) in [5.74, 6) is 0. The summed E-state index contributed by atoms with van der Waals surface area (Å²) in [5, 5.41) is 0. The van der Waals surface area contributed by atoms with Gasteiger partial charge in [-0.15, -0.1) is 0 Å². The largest absolute Gasteiger partial charge is 0.374 e. The van der Waals surface area contributed by atoms with E-state index in [1.54, 1.807) is 0 Å². The molecule has 0 fully saturated rings. The monoisotopic (exact) mass is 208 g/mol. The fraction of sp³-hybridized carbons (Fsp3) is 0.538. The van der Waals surface area contributed by atoms with Crippen LogP contribution in [-0.2, 0) is 0 Å². The first-order valence-electron chi connectivity index (χ1n) is 5.33. The molecule has 86 valence electrons. The lowest BCUT2D eigenvalue weighted by Gasteiger charge is -2.21. The summed E-state index contributed by atoms with van der Waals surface area (Å²) in [7, 11) is 6.23. The Labute approximate surface area is 94.6 Å². The third-order valence-corrected chi connectivity index (χ3v) is 2.37. The highest BCUT2D eigenvalue weighted by Crippen LogP contribution is 2.03. The molecule has 2 nitrogen and oxygen atoms in total. The van der Waals surface area contributed by atoms with Crippen LogP contribution in [0, 0.1) is 0 Å². The lowest BCUT2D eigenvalue weighted by molar-refractivity contribution is 0.331. The van der Waals surface area contributed by atoms with E-state index in [1.165, 1.54) is 5.57 Å². The molecule has 2 heteroatoms. The molecule has 0 aliphatic carbocycles. The summed E-state index contributed by atoms with van der Waals surface area (Å²) in [6.45, 7) is 10.2. The highest BCUT2D eigenvalue weighted by molar-refractivity contribution is 5.23. The van der Waals surface area contributed by atoms with Gasteiger partial charge in [-0.25, -0.2) is 0 Å². The van der Waals surface area contributed by atoms with E-state index in [4.69, 9.17) is 0 Å². The first kappa shape index (κ1) is 14.0. The molecule has 0 radical (unpaired) electrons. The smallest absolute Gasteiger partial charge is 0.0302 e. The van der Waals surface area contributed by atoms with Gasteiger partial charge < -0.3 is 9.80 Å². The number of hydrogen-bond acceptors (Lipinski definition) is 2. The molecule has 0 aliphatic heterocycles. The molecule has 15 heavy (non-hydrogen) atoms. The van der Waals surface area contributed by atoms with Crippen LogP contribution >= 0.6 is 0 Å². The van der Waals surface area contributed by atoms with Gasteiger partial charge in [-0.3, -0.25) is 0 Å². The Balaban J connectivity index is 4.05. The molecule has 0 atom stereocenters. The SMILES string of the molecule is C=C(/C=C\C(C)=C/C)N(C)CCN(C)C. The number of hydrogen-bond donors (Lipinski definition) is 0. The van der Waals surface area contributed by atoms with Crippen LogP contribution in [0.2, 0.25) is 0 Å². The van der Waals surface area contributed by atoms with Gasteiger partial charge in [0.25, 0.3) is 0 Å². The minimum absolute atomic E-state index is 1.01. The van der Waals surface area contributed by atoms with Gasteiger partial charge >= 0.3 is 0 Å². The molecule has 0 aromatic carbocycles. The van der Waals surface area contributed by atoms with E-state index in [1.807, 2.05) is 6.92 Å². The fourth-order valence-corrected chi connectivity index (χ4v) is 0.945. The summed E-state index contributed by atoms with van der Waals surface area (Å²) in [4.78, 5) is 4.34. The zero-order valence-electron chi connectivity index (χ0n) is 10.7. The number of allylic oxidation sites excluding steroid dienone is 4. The van der Waals surface area contributed by atoms with Gasteiger partial charge in [-0.1, -0.05) is 24.3 Å². The van der Waals surface area contributed by atoms with Gasteiger partial charge in [0.1, 0.15) is 0 Å². The van der Waals surface area contributed by atoms with Crippen LogP contribution in [0.25, 0.3) is 0 Å². The van der Waals surface area contributed by atoms with Crippen molar-refractivity contribution in [1.82, 2.24) is 9.80 Å². The van der Waals surface area contributed by atoms with Gasteiger partial charge in [0.15, 0.2) is 0 Å². The Bertz CT molecular complexity index is 249. The van der Waals surface area contributed by atoms with Gasteiger partial charge in [-0.05, 0) is 34.0 Å². The third-order valence-electron chi connectivity index (χ3n) is 2.37. The average Bonchev–Trinajstić information content (AvgIpc) is 2.21. The first-order chi connectivity index (χ1) is 6.97. The van der Waals surface area contributed by atoms with Crippen molar-refractivity contribution in [2.75, 3.05) is 34.2 Å². The highest BCUT2D eigenvalue weighted by atomic mass is 15.2. The number of likely N-dealkylation sites (N-methyl/N-ethyl adjacent to an activating group) is 2. The zero-order chi connectivity index (χ0) is 11.8. The molecule has 0 unspecified atom stereocenters. The van der Waals surface area contributed by atoms with Gasteiger partial charge in [0.05, 0.1) is 0 Å². The molecular formula is C13H24N2. The Morgan fingerprint density at radius 3 is 2.20 bits per heavy atom. The van der Waals surface area contributed by atoms with E-state index >= 15 is 0 Å². The van der Waals surface area contributed by atoms with E-state index < -0.39 is 0 Å². The molecule has 0 rings (SSSR count). The van der Waals surface area contributed by atoms with Crippen LogP contribution in [0.5, 0.6) is 0 Å². The molecule has 0 saturated heterocycles. The summed E-state index contributed by atoms with van der Waals surface area (Å²) >= 11 is 0. The standard InChI is InChI=1S/C13H24N2/c1-7-12(2)8-9-13(3)15(6)11-10-14(4)5/h7-9H,3,10-11H2,1-2,4-6H3/b9-8-,12-7-. The highest BCUT2D eigenvalue weighted by Gasteiger charge is 1.98. The molecular weight excluding hydrogens is 184 g/mol. The van der Waals surface area contributed by atoms with Gasteiger partial charge in [0.2, 0.25) is 0 Å². The van der Waals surface area contributed by atoms with E-state index in [2.05, 4.69) is 62.7 Å². The minimum Gasteiger partial charge on any atom is -0.374 e. The lowest BCUT2D eigenvalue weighted by atomic mass is 10.2. The molecule has 0 aliphatic rings. The maximum absolute atomic E-state index is 4.03. The zero-order valence-corrected chi connectivity index (χ0v) is 10.7. The summed E-state index contributed by atoms with van der Waals surface area (Å²) in [5.41, 5.74) is 2.32. The topological polar surface area (TPSA) is 6.48 Å². The first-order valence-corrected chi connectivity index (χ1v) is 5.33. The van der Waals surface area contributed by atoms with Crippen molar-refractivity contribution in [3.63, 3.8) is 0 Å². The molecule has 0 heterocycles. The molecule has 0 amide bonds. The van der Waals surface area contributed by atoms with Crippen molar-refractivity contribution in [3.8, 4) is 0 Å². The minimum atomic E-state index is 1.01. The Kier molecular flexibility index (Phi) is 6.80. The van der Waals surface area contributed by atoms with Crippen LogP contribution in [0.15, 0.2) is 36.1 Å². The van der Waals surface area contributed by atoms with Crippen molar-refractivity contribution in [3.05, 3.63) is 36.1 Å². The predicted octanol–water partition coefficient (Wildman–Crippen LogP) is 2.52. The summed E-state index contributed by atoms with van der Waals surface area (Å²) in [6.07, 6.45) is 6.24. The van der Waals surface area contributed by atoms with Crippen molar-refractivity contribution in [2.24, 2.45) is 0 Å². The van der Waals surface area contributed by atoms with Crippen molar-refractivity contribution in [2.45, 2.75) is 13.8 Å². The lowest BCUT2D eigenvalue weighted by Crippen LogP contribution is -2.27. The second-order valence-electron chi connectivity index (χ2n) is 4.08. The quantitative estimate of drug-likeness (QED) is 0.619. The van der Waals surface area contributed by atoms with Crippen LogP contribution in [0.4, 0.5) is 0 Å². The number of rotatable bonds is 6. The van der Waals surface area contributed by atoms with E-state index in [-0.39, 0.29) is 0 Å². The second kappa shape index (κ2) is 7.30. The Morgan fingerprint density at radius 1 is 1.13 bits per heavy atom. The molecule has 0 spiro atoms. The van der Waals surface area contributed by atoms with E-state index in [0.29, 0.717) is 0 Å². The maximum Gasteiger partial charge on any atom is 0.0302 e. The average molecular weight is 208 g/mol. The Morgan fingerprint density at radius 2 is 1.73 bits per heavy atom. The molecule has 0 saturated carbocycles. The van der Waals surface area contributed by atoms with E-state index in [0.717, 1.165) is 18.8 Å². The van der Waals surface area contributed by atoms with Crippen LogP contribution in [0.1, 0.15) is 13.8 Å². The molecule has 0 N–H and O–H groups in total. The fourth-order valence-electron chi connectivity index (χ4n) is 0.945. The molecule has 0 aromatic rings. The second-order valence-corrected chi connectivity index (χ2v) is 4.08. The summed E-state index contributed by atoms with van der Waals surface area (Å²) in [6, 6.07) is 0. The van der Waals surface area contributed by atoms with Crippen LogP contribution < -0.4 is 0 Å². The van der Waals surface area contributed by atoms with Crippen molar-refractivity contribution in [1.29, 1.82) is 0 Å². The van der Waals surface area contributed by atoms with E-state index in [9.17, 15) is 0 Å². The van der Waals surface area contributed by atoms with Crippen molar-refractivity contribution < 1.29 is 0 Å². The normalized spacial score (nSPS) is 12.5. The number of nitrogens with zero attached hydrogens (tertiary/aromatic N) is 2.